The van der Waals surface area contributed by atoms with E-state index in [9.17, 15) is 9.59 Å². The lowest BCUT2D eigenvalue weighted by Gasteiger charge is -2.13. The van der Waals surface area contributed by atoms with Gasteiger partial charge in [-0.2, -0.15) is 0 Å². The molecule has 1 heterocycles. The van der Waals surface area contributed by atoms with Crippen molar-refractivity contribution >= 4 is 11.8 Å². The van der Waals surface area contributed by atoms with Gasteiger partial charge in [0.25, 0.3) is 5.91 Å². The first-order valence-electron chi connectivity index (χ1n) is 9.24. The van der Waals surface area contributed by atoms with Crippen molar-refractivity contribution < 1.29 is 23.8 Å². The van der Waals surface area contributed by atoms with E-state index in [1.54, 1.807) is 18.2 Å². The van der Waals surface area contributed by atoms with E-state index < -0.39 is 0 Å². The summed E-state index contributed by atoms with van der Waals surface area (Å²) in [6.45, 7) is 3.09. The first kappa shape index (κ1) is 19.7. The van der Waals surface area contributed by atoms with Crippen molar-refractivity contribution in [2.75, 3.05) is 26.5 Å². The molecule has 148 valence electrons. The zero-order chi connectivity index (χ0) is 19.8. The molecule has 0 saturated heterocycles. The zero-order valence-electron chi connectivity index (χ0n) is 15.8. The molecule has 0 unspecified atom stereocenters. The Hall–Kier alpha value is -3.06. The standard InChI is InChI=1S/C21H24N2O5/c1-15(16-6-3-2-4-7-16)26-11-5-10-22-20(24)13-23-21(25)17-8-9-18-19(12-17)28-14-27-18/h2-4,6-9,12,15H,5,10-11,13-14H2,1H3,(H,22,24)(H,23,25)/t15-/m0/s1. The van der Waals surface area contributed by atoms with Crippen LogP contribution in [-0.2, 0) is 9.53 Å². The highest BCUT2D eigenvalue weighted by molar-refractivity contribution is 5.97. The van der Waals surface area contributed by atoms with Crippen molar-refractivity contribution in [1.29, 1.82) is 0 Å². The smallest absolute Gasteiger partial charge is 0.251 e. The van der Waals surface area contributed by atoms with Crippen LogP contribution >= 0.6 is 0 Å². The molecule has 2 aromatic carbocycles. The minimum atomic E-state index is -0.339. The van der Waals surface area contributed by atoms with Crippen LogP contribution in [0.2, 0.25) is 0 Å². The number of ether oxygens (including phenoxy) is 3. The Morgan fingerprint density at radius 1 is 1.07 bits per heavy atom. The number of hydrogen-bond donors (Lipinski definition) is 2. The predicted octanol–water partition coefficient (Wildman–Crippen LogP) is 2.43. The van der Waals surface area contributed by atoms with E-state index in [1.807, 2.05) is 37.3 Å². The lowest BCUT2D eigenvalue weighted by molar-refractivity contribution is -0.120. The van der Waals surface area contributed by atoms with Gasteiger partial charge in [-0.05, 0) is 37.1 Å². The molecule has 0 radical (unpaired) electrons. The molecule has 1 aliphatic rings. The summed E-state index contributed by atoms with van der Waals surface area (Å²) in [5, 5.41) is 5.36. The van der Waals surface area contributed by atoms with Gasteiger partial charge in [-0.15, -0.1) is 0 Å². The molecule has 28 heavy (non-hydrogen) atoms. The third kappa shape index (κ3) is 5.47. The lowest BCUT2D eigenvalue weighted by Crippen LogP contribution is -2.37. The molecule has 0 saturated carbocycles. The highest BCUT2D eigenvalue weighted by Crippen LogP contribution is 2.32. The number of carbonyl (C=O) groups excluding carboxylic acids is 2. The second-order valence-electron chi connectivity index (χ2n) is 6.38. The molecule has 0 aromatic heterocycles. The third-order valence-corrected chi connectivity index (χ3v) is 4.32. The molecule has 1 atom stereocenters. The fraction of sp³-hybridized carbons (Fsp3) is 0.333. The van der Waals surface area contributed by atoms with Crippen molar-refractivity contribution in [3.8, 4) is 11.5 Å². The quantitative estimate of drug-likeness (QED) is 0.649. The summed E-state index contributed by atoms with van der Waals surface area (Å²) in [6.07, 6.45) is 0.705. The summed E-state index contributed by atoms with van der Waals surface area (Å²) in [4.78, 5) is 24.0. The van der Waals surface area contributed by atoms with Crippen molar-refractivity contribution in [2.45, 2.75) is 19.4 Å². The van der Waals surface area contributed by atoms with Gasteiger partial charge in [0.2, 0.25) is 12.7 Å². The molecular weight excluding hydrogens is 360 g/mol. The summed E-state index contributed by atoms with van der Waals surface area (Å²) >= 11 is 0. The van der Waals surface area contributed by atoms with Gasteiger partial charge in [0.05, 0.1) is 12.6 Å². The van der Waals surface area contributed by atoms with E-state index in [0.717, 1.165) is 5.56 Å². The van der Waals surface area contributed by atoms with Crippen LogP contribution in [-0.4, -0.2) is 38.3 Å². The van der Waals surface area contributed by atoms with Gasteiger partial charge in [0.1, 0.15) is 0 Å². The number of carbonyl (C=O) groups is 2. The maximum atomic E-state index is 12.1. The SMILES string of the molecule is C[C@H](OCCCNC(=O)CNC(=O)c1ccc2c(c1)OCO2)c1ccccc1. The Morgan fingerprint density at radius 2 is 1.86 bits per heavy atom. The Balaban J connectivity index is 1.30. The monoisotopic (exact) mass is 384 g/mol. The van der Waals surface area contributed by atoms with Crippen LogP contribution in [0.4, 0.5) is 0 Å². The average Bonchev–Trinajstić information content (AvgIpc) is 3.20. The first-order valence-corrected chi connectivity index (χ1v) is 9.24. The summed E-state index contributed by atoms with van der Waals surface area (Å²) in [6, 6.07) is 14.9. The minimum absolute atomic E-state index is 0.0119. The van der Waals surface area contributed by atoms with E-state index in [-0.39, 0.29) is 31.3 Å². The van der Waals surface area contributed by atoms with Crippen molar-refractivity contribution in [3.05, 3.63) is 59.7 Å². The Labute approximate surface area is 164 Å². The largest absolute Gasteiger partial charge is 0.454 e. The molecule has 0 aliphatic carbocycles. The van der Waals surface area contributed by atoms with Gasteiger partial charge in [0, 0.05) is 18.7 Å². The fourth-order valence-electron chi connectivity index (χ4n) is 2.74. The second kappa shape index (κ2) is 9.75. The lowest BCUT2D eigenvalue weighted by atomic mass is 10.1. The van der Waals surface area contributed by atoms with Crippen LogP contribution in [0, 0.1) is 0 Å². The van der Waals surface area contributed by atoms with Crippen LogP contribution < -0.4 is 20.1 Å². The van der Waals surface area contributed by atoms with Gasteiger partial charge < -0.3 is 24.8 Å². The van der Waals surface area contributed by atoms with Crippen LogP contribution in [0.15, 0.2) is 48.5 Å². The molecule has 0 fully saturated rings. The Bertz CT molecular complexity index is 810. The number of hydrogen-bond acceptors (Lipinski definition) is 5. The maximum Gasteiger partial charge on any atom is 0.251 e. The van der Waals surface area contributed by atoms with Crippen molar-refractivity contribution in [1.82, 2.24) is 10.6 Å². The Morgan fingerprint density at radius 3 is 2.68 bits per heavy atom. The average molecular weight is 384 g/mol. The highest BCUT2D eigenvalue weighted by atomic mass is 16.7. The molecule has 2 N–H and O–H groups in total. The number of rotatable bonds is 9. The van der Waals surface area contributed by atoms with E-state index in [0.29, 0.717) is 36.6 Å². The van der Waals surface area contributed by atoms with Crippen LogP contribution in [0.1, 0.15) is 35.4 Å². The molecule has 2 aromatic rings. The summed E-state index contributed by atoms with van der Waals surface area (Å²) in [5.74, 6) is 0.554. The van der Waals surface area contributed by atoms with Crippen LogP contribution in [0.3, 0.4) is 0 Å². The van der Waals surface area contributed by atoms with E-state index in [1.165, 1.54) is 0 Å². The second-order valence-corrected chi connectivity index (χ2v) is 6.38. The summed E-state index contributed by atoms with van der Waals surface area (Å²) < 4.78 is 16.2. The third-order valence-electron chi connectivity index (χ3n) is 4.32. The number of amides is 2. The highest BCUT2D eigenvalue weighted by Gasteiger charge is 2.16. The number of benzene rings is 2. The van der Waals surface area contributed by atoms with E-state index in [2.05, 4.69) is 10.6 Å². The number of fused-ring (bicyclic) bond motifs is 1. The van der Waals surface area contributed by atoms with Crippen LogP contribution in [0.5, 0.6) is 11.5 Å². The van der Waals surface area contributed by atoms with Crippen LogP contribution in [0.25, 0.3) is 0 Å². The van der Waals surface area contributed by atoms with Gasteiger partial charge in [0.15, 0.2) is 11.5 Å². The predicted molar refractivity (Wildman–Crippen MR) is 103 cm³/mol. The normalized spacial score (nSPS) is 13.0. The van der Waals surface area contributed by atoms with Gasteiger partial charge in [-0.3, -0.25) is 9.59 Å². The number of nitrogens with one attached hydrogen (secondary N) is 2. The van der Waals surface area contributed by atoms with E-state index in [4.69, 9.17) is 14.2 Å². The molecular formula is C21H24N2O5. The Kier molecular flexibility index (Phi) is 6.86. The molecule has 3 rings (SSSR count). The molecule has 7 heteroatoms. The maximum absolute atomic E-state index is 12.1. The zero-order valence-corrected chi connectivity index (χ0v) is 15.8. The molecule has 2 amide bonds. The van der Waals surface area contributed by atoms with Crippen molar-refractivity contribution in [3.63, 3.8) is 0 Å². The minimum Gasteiger partial charge on any atom is -0.454 e. The summed E-state index contributed by atoms with van der Waals surface area (Å²) in [7, 11) is 0. The van der Waals surface area contributed by atoms with Gasteiger partial charge in [-0.1, -0.05) is 30.3 Å². The van der Waals surface area contributed by atoms with Gasteiger partial charge >= 0.3 is 0 Å². The summed E-state index contributed by atoms with van der Waals surface area (Å²) in [5.41, 5.74) is 1.54. The molecule has 7 nitrogen and oxygen atoms in total. The fourth-order valence-corrected chi connectivity index (χ4v) is 2.74. The van der Waals surface area contributed by atoms with E-state index >= 15 is 0 Å². The topological polar surface area (TPSA) is 85.9 Å². The first-order chi connectivity index (χ1) is 13.6. The molecule has 0 bridgehead atoms. The molecule has 0 spiro atoms. The molecule has 1 aliphatic heterocycles. The van der Waals surface area contributed by atoms with Gasteiger partial charge in [-0.25, -0.2) is 0 Å². The van der Waals surface area contributed by atoms with Crippen molar-refractivity contribution in [2.24, 2.45) is 0 Å².